The van der Waals surface area contributed by atoms with Crippen molar-refractivity contribution in [2.75, 3.05) is 13.1 Å². The summed E-state index contributed by atoms with van der Waals surface area (Å²) < 4.78 is 0. The van der Waals surface area contributed by atoms with Crippen LogP contribution in [-0.2, 0) is 0 Å². The Morgan fingerprint density at radius 2 is 1.48 bits per heavy atom. The van der Waals surface area contributed by atoms with Gasteiger partial charge in [-0.3, -0.25) is 4.99 Å². The van der Waals surface area contributed by atoms with Gasteiger partial charge in [-0.1, -0.05) is 60.7 Å². The molecule has 110 valence electrons. The van der Waals surface area contributed by atoms with Crippen LogP contribution in [0.25, 0.3) is 0 Å². The van der Waals surface area contributed by atoms with Crippen molar-refractivity contribution in [1.29, 1.82) is 0 Å². The Bertz CT molecular complexity index is 530. The molecule has 0 radical (unpaired) electrons. The van der Waals surface area contributed by atoms with E-state index in [1.54, 1.807) is 0 Å². The van der Waals surface area contributed by atoms with Crippen LogP contribution in [0.1, 0.15) is 23.6 Å². The highest BCUT2D eigenvalue weighted by Crippen LogP contribution is 2.21. The van der Waals surface area contributed by atoms with E-state index < -0.39 is 0 Å². The molecular weight excluding hydrogens is 326 g/mol. The molecule has 2 aromatic rings. The maximum Gasteiger partial charge on any atom is 0.192 e. The number of hydrogen-bond donors (Lipinski definition) is 2. The third kappa shape index (κ3) is 4.08. The third-order valence-electron chi connectivity index (χ3n) is 3.44. The average Bonchev–Trinajstić information content (AvgIpc) is 2.55. The van der Waals surface area contributed by atoms with Gasteiger partial charge in [0, 0.05) is 13.1 Å². The molecule has 3 rings (SSSR count). The van der Waals surface area contributed by atoms with E-state index >= 15 is 0 Å². The molecule has 0 unspecified atom stereocenters. The fourth-order valence-corrected chi connectivity index (χ4v) is 2.42. The van der Waals surface area contributed by atoms with Crippen LogP contribution in [0.3, 0.4) is 0 Å². The summed E-state index contributed by atoms with van der Waals surface area (Å²) in [4.78, 5) is 4.51. The molecule has 0 bridgehead atoms. The van der Waals surface area contributed by atoms with E-state index in [0.29, 0.717) is 0 Å². The van der Waals surface area contributed by atoms with Crippen LogP contribution in [0.15, 0.2) is 65.7 Å². The molecule has 0 saturated carbocycles. The Balaban J connectivity index is 0.00000161. The molecule has 0 saturated heterocycles. The predicted molar refractivity (Wildman–Crippen MR) is 93.1 cm³/mol. The molecule has 0 atom stereocenters. The lowest BCUT2D eigenvalue weighted by atomic mass is 9.99. The summed E-state index contributed by atoms with van der Waals surface area (Å²) in [7, 11) is 0. The highest BCUT2D eigenvalue weighted by atomic mass is 79.9. The molecular formula is C17H20BrN3. The van der Waals surface area contributed by atoms with Crippen molar-refractivity contribution < 1.29 is 0 Å². The van der Waals surface area contributed by atoms with Gasteiger partial charge in [-0.25, -0.2) is 0 Å². The van der Waals surface area contributed by atoms with Gasteiger partial charge in [-0.05, 0) is 17.5 Å². The first-order chi connectivity index (χ1) is 9.93. The smallest absolute Gasteiger partial charge is 0.192 e. The first-order valence-corrected chi connectivity index (χ1v) is 7.08. The topological polar surface area (TPSA) is 36.4 Å². The zero-order valence-electron chi connectivity index (χ0n) is 11.8. The van der Waals surface area contributed by atoms with Gasteiger partial charge in [0.2, 0.25) is 0 Å². The summed E-state index contributed by atoms with van der Waals surface area (Å²) in [5.74, 6) is 0.897. The zero-order valence-corrected chi connectivity index (χ0v) is 13.5. The van der Waals surface area contributed by atoms with Crippen molar-refractivity contribution in [1.82, 2.24) is 10.6 Å². The van der Waals surface area contributed by atoms with E-state index in [9.17, 15) is 0 Å². The van der Waals surface area contributed by atoms with Crippen LogP contribution in [0.2, 0.25) is 0 Å². The van der Waals surface area contributed by atoms with Crippen LogP contribution >= 0.6 is 17.0 Å². The Morgan fingerprint density at radius 3 is 1.95 bits per heavy atom. The fourth-order valence-electron chi connectivity index (χ4n) is 2.42. The molecule has 2 aromatic carbocycles. The highest BCUT2D eigenvalue weighted by Gasteiger charge is 2.16. The van der Waals surface area contributed by atoms with E-state index in [0.717, 1.165) is 25.5 Å². The van der Waals surface area contributed by atoms with Crippen molar-refractivity contribution in [3.63, 3.8) is 0 Å². The molecule has 1 heterocycles. The SMILES string of the molecule is Br.c1ccc(C(NC2=NCCCN2)c2ccccc2)cc1. The molecule has 1 aliphatic rings. The maximum atomic E-state index is 4.51. The summed E-state index contributed by atoms with van der Waals surface area (Å²) in [6, 6.07) is 21.1. The average molecular weight is 346 g/mol. The van der Waals surface area contributed by atoms with E-state index in [1.165, 1.54) is 11.1 Å². The number of aliphatic imine (C=N–C) groups is 1. The van der Waals surface area contributed by atoms with Crippen LogP contribution in [-0.4, -0.2) is 19.0 Å². The van der Waals surface area contributed by atoms with Crippen LogP contribution in [0.5, 0.6) is 0 Å². The van der Waals surface area contributed by atoms with E-state index in [1.807, 2.05) is 12.1 Å². The van der Waals surface area contributed by atoms with Crippen molar-refractivity contribution in [3.05, 3.63) is 71.8 Å². The van der Waals surface area contributed by atoms with Crippen LogP contribution < -0.4 is 10.6 Å². The lowest BCUT2D eigenvalue weighted by Gasteiger charge is -2.24. The number of hydrogen-bond acceptors (Lipinski definition) is 3. The fraction of sp³-hybridized carbons (Fsp3) is 0.235. The molecule has 0 fully saturated rings. The van der Waals surface area contributed by atoms with Gasteiger partial charge >= 0.3 is 0 Å². The summed E-state index contributed by atoms with van der Waals surface area (Å²) in [6.45, 7) is 1.88. The molecule has 4 heteroatoms. The van der Waals surface area contributed by atoms with Gasteiger partial charge in [0.15, 0.2) is 5.96 Å². The molecule has 0 amide bonds. The quantitative estimate of drug-likeness (QED) is 0.895. The number of rotatable bonds is 3. The first kappa shape index (κ1) is 15.6. The van der Waals surface area contributed by atoms with E-state index in [-0.39, 0.29) is 23.0 Å². The summed E-state index contributed by atoms with van der Waals surface area (Å²) in [6.07, 6.45) is 1.10. The molecule has 0 aliphatic carbocycles. The van der Waals surface area contributed by atoms with Gasteiger partial charge in [0.25, 0.3) is 0 Å². The summed E-state index contributed by atoms with van der Waals surface area (Å²) in [5.41, 5.74) is 2.49. The minimum Gasteiger partial charge on any atom is -0.356 e. The largest absolute Gasteiger partial charge is 0.356 e. The number of halogens is 1. The van der Waals surface area contributed by atoms with Crippen molar-refractivity contribution in [2.24, 2.45) is 4.99 Å². The Kier molecular flexibility index (Phi) is 5.81. The molecule has 0 spiro atoms. The van der Waals surface area contributed by atoms with Crippen LogP contribution in [0.4, 0.5) is 0 Å². The van der Waals surface area contributed by atoms with Crippen molar-refractivity contribution in [3.8, 4) is 0 Å². The van der Waals surface area contributed by atoms with Gasteiger partial charge in [0.05, 0.1) is 6.04 Å². The number of nitrogens with one attached hydrogen (secondary N) is 2. The number of nitrogens with zero attached hydrogens (tertiary/aromatic N) is 1. The molecule has 21 heavy (non-hydrogen) atoms. The summed E-state index contributed by atoms with van der Waals surface area (Å²) >= 11 is 0. The lowest BCUT2D eigenvalue weighted by molar-refractivity contribution is 0.668. The second kappa shape index (κ2) is 7.84. The zero-order chi connectivity index (χ0) is 13.6. The molecule has 0 aromatic heterocycles. The monoisotopic (exact) mass is 345 g/mol. The van der Waals surface area contributed by atoms with E-state index in [4.69, 9.17) is 0 Å². The third-order valence-corrected chi connectivity index (χ3v) is 3.44. The van der Waals surface area contributed by atoms with Crippen molar-refractivity contribution >= 4 is 22.9 Å². The molecule has 1 aliphatic heterocycles. The number of benzene rings is 2. The van der Waals surface area contributed by atoms with E-state index in [2.05, 4.69) is 64.2 Å². The Hall–Kier alpha value is -1.81. The van der Waals surface area contributed by atoms with Gasteiger partial charge < -0.3 is 10.6 Å². The van der Waals surface area contributed by atoms with Crippen LogP contribution in [0, 0.1) is 0 Å². The number of guanidine groups is 1. The van der Waals surface area contributed by atoms with Gasteiger partial charge in [-0.15, -0.1) is 17.0 Å². The second-order valence-corrected chi connectivity index (χ2v) is 4.91. The lowest BCUT2D eigenvalue weighted by Crippen LogP contribution is -2.42. The second-order valence-electron chi connectivity index (χ2n) is 4.91. The minimum absolute atomic E-state index is 0. The minimum atomic E-state index is 0. The standard InChI is InChI=1S/C17H19N3.BrH/c1-3-8-14(9-4-1)16(15-10-5-2-6-11-15)20-17-18-12-7-13-19-17;/h1-6,8-11,16H,7,12-13H2,(H2,18,19,20);1H. The normalized spacial score (nSPS) is 13.9. The molecule has 2 N–H and O–H groups in total. The maximum absolute atomic E-state index is 4.51. The highest BCUT2D eigenvalue weighted by molar-refractivity contribution is 8.93. The molecule has 3 nitrogen and oxygen atoms in total. The van der Waals surface area contributed by atoms with Gasteiger partial charge in [-0.2, -0.15) is 0 Å². The predicted octanol–water partition coefficient (Wildman–Crippen LogP) is 3.29. The summed E-state index contributed by atoms with van der Waals surface area (Å²) in [5, 5.41) is 6.86. The van der Waals surface area contributed by atoms with Crippen molar-refractivity contribution in [2.45, 2.75) is 12.5 Å². The Labute approximate surface area is 136 Å². The Morgan fingerprint density at radius 1 is 0.905 bits per heavy atom. The first-order valence-electron chi connectivity index (χ1n) is 7.08. The van der Waals surface area contributed by atoms with Gasteiger partial charge in [0.1, 0.15) is 0 Å².